The van der Waals surface area contributed by atoms with E-state index in [1.165, 1.54) is 13.3 Å². The number of hydrogen-bond donors (Lipinski definition) is 2. The van der Waals surface area contributed by atoms with Crippen molar-refractivity contribution in [3.63, 3.8) is 0 Å². The first-order valence-electron chi connectivity index (χ1n) is 5.56. The maximum absolute atomic E-state index is 11.7. The van der Waals surface area contributed by atoms with E-state index in [2.05, 4.69) is 10.5 Å². The van der Waals surface area contributed by atoms with E-state index >= 15 is 0 Å². The third kappa shape index (κ3) is 3.28. The molecule has 0 radical (unpaired) electrons. The Balaban J connectivity index is 2.05. The van der Waals surface area contributed by atoms with Crippen molar-refractivity contribution in [2.45, 2.75) is 0 Å². The van der Waals surface area contributed by atoms with Gasteiger partial charge >= 0.3 is 0 Å². The van der Waals surface area contributed by atoms with E-state index in [0.29, 0.717) is 20.5 Å². The fraction of sp³-hybridized carbons (Fsp3) is 0.0769. The van der Waals surface area contributed by atoms with Crippen LogP contribution in [0.5, 0.6) is 11.5 Å². The third-order valence-electron chi connectivity index (χ3n) is 2.42. The Morgan fingerprint density at radius 3 is 2.90 bits per heavy atom. The van der Waals surface area contributed by atoms with Gasteiger partial charge in [-0.15, -0.1) is 11.3 Å². The molecular formula is C13H11ClN2O3S. The number of amides is 1. The third-order valence-corrected chi connectivity index (χ3v) is 3.65. The monoisotopic (exact) mass is 310 g/mol. The Kier molecular flexibility index (Phi) is 4.60. The summed E-state index contributed by atoms with van der Waals surface area (Å²) in [6.07, 6.45) is 1.34. The number of aromatic hydroxyl groups is 1. The first kappa shape index (κ1) is 14.4. The van der Waals surface area contributed by atoms with Crippen LogP contribution in [0, 0.1) is 0 Å². The lowest BCUT2D eigenvalue weighted by molar-refractivity contribution is 0.0959. The zero-order chi connectivity index (χ0) is 14.5. The number of ether oxygens (including phenoxy) is 1. The number of hydrazone groups is 1. The van der Waals surface area contributed by atoms with Gasteiger partial charge in [0.25, 0.3) is 5.91 Å². The second kappa shape index (κ2) is 6.40. The summed E-state index contributed by atoms with van der Waals surface area (Å²) in [4.78, 5) is 12.2. The molecule has 0 aliphatic rings. The predicted molar refractivity (Wildman–Crippen MR) is 79.0 cm³/mol. The van der Waals surface area contributed by atoms with E-state index in [4.69, 9.17) is 16.3 Å². The average molecular weight is 311 g/mol. The fourth-order valence-electron chi connectivity index (χ4n) is 1.46. The number of methoxy groups -OCH3 is 1. The number of carbonyl (C=O) groups excluding carboxylic acids is 1. The molecule has 1 aromatic heterocycles. The number of benzene rings is 1. The molecule has 104 valence electrons. The van der Waals surface area contributed by atoms with Crippen molar-refractivity contribution in [1.29, 1.82) is 0 Å². The van der Waals surface area contributed by atoms with Crippen LogP contribution in [0.2, 0.25) is 4.34 Å². The Bertz CT molecular complexity index is 655. The van der Waals surface area contributed by atoms with Crippen LogP contribution in [0.25, 0.3) is 0 Å². The maximum Gasteiger partial charge on any atom is 0.281 e. The zero-order valence-electron chi connectivity index (χ0n) is 10.5. The van der Waals surface area contributed by atoms with Gasteiger partial charge in [-0.1, -0.05) is 17.7 Å². The molecule has 0 fully saturated rings. The molecule has 2 aromatic rings. The molecule has 1 aromatic carbocycles. The zero-order valence-corrected chi connectivity index (χ0v) is 12.0. The molecule has 0 atom stereocenters. The summed E-state index contributed by atoms with van der Waals surface area (Å²) in [7, 11) is 1.46. The number of rotatable bonds is 4. The lowest BCUT2D eigenvalue weighted by atomic mass is 10.2. The van der Waals surface area contributed by atoms with E-state index < -0.39 is 0 Å². The summed E-state index contributed by atoms with van der Waals surface area (Å²) in [6, 6.07) is 8.23. The van der Waals surface area contributed by atoms with Crippen molar-refractivity contribution in [1.82, 2.24) is 5.43 Å². The van der Waals surface area contributed by atoms with Crippen LogP contribution in [0.3, 0.4) is 0 Å². The van der Waals surface area contributed by atoms with Gasteiger partial charge in [0.2, 0.25) is 0 Å². The van der Waals surface area contributed by atoms with E-state index in [1.807, 2.05) is 0 Å². The first-order valence-corrected chi connectivity index (χ1v) is 6.76. The average Bonchev–Trinajstić information content (AvgIpc) is 2.87. The summed E-state index contributed by atoms with van der Waals surface area (Å²) in [5.74, 6) is -0.0574. The van der Waals surface area contributed by atoms with Crippen LogP contribution in [0.15, 0.2) is 35.4 Å². The van der Waals surface area contributed by atoms with Crippen LogP contribution in [0.1, 0.15) is 15.2 Å². The second-order valence-corrected chi connectivity index (χ2v) is 5.42. The minimum Gasteiger partial charge on any atom is -0.504 e. The molecule has 0 spiro atoms. The van der Waals surface area contributed by atoms with Crippen LogP contribution in [-0.2, 0) is 0 Å². The molecule has 20 heavy (non-hydrogen) atoms. The first-order chi connectivity index (χ1) is 9.61. The van der Waals surface area contributed by atoms with Crippen LogP contribution < -0.4 is 10.2 Å². The Hall–Kier alpha value is -2.05. The second-order valence-electron chi connectivity index (χ2n) is 3.70. The lowest BCUT2D eigenvalue weighted by Gasteiger charge is -2.04. The molecule has 1 heterocycles. The number of phenols is 1. The highest BCUT2D eigenvalue weighted by atomic mass is 35.5. The van der Waals surface area contributed by atoms with Crippen molar-refractivity contribution < 1.29 is 14.6 Å². The summed E-state index contributed by atoms with van der Waals surface area (Å²) in [6.45, 7) is 0. The van der Waals surface area contributed by atoms with Gasteiger partial charge in [-0.05, 0) is 24.3 Å². The summed E-state index contributed by atoms with van der Waals surface area (Å²) >= 11 is 6.90. The van der Waals surface area contributed by atoms with Crippen molar-refractivity contribution in [2.75, 3.05) is 7.11 Å². The van der Waals surface area contributed by atoms with Gasteiger partial charge < -0.3 is 9.84 Å². The Labute approximate surface area is 124 Å². The van der Waals surface area contributed by atoms with E-state index in [1.54, 1.807) is 30.3 Å². The number of nitrogens with zero attached hydrogens (tertiary/aromatic N) is 1. The Morgan fingerprint density at radius 1 is 1.45 bits per heavy atom. The predicted octanol–water partition coefficient (Wildman–Crippen LogP) is 2.88. The van der Waals surface area contributed by atoms with Crippen LogP contribution in [-0.4, -0.2) is 24.3 Å². The number of phenolic OH excluding ortho intramolecular Hbond substituents is 1. The molecule has 0 aliphatic carbocycles. The highest BCUT2D eigenvalue weighted by molar-refractivity contribution is 7.17. The molecular weight excluding hydrogens is 300 g/mol. The highest BCUT2D eigenvalue weighted by Crippen LogP contribution is 2.28. The molecule has 0 bridgehead atoms. The molecule has 0 saturated carbocycles. The van der Waals surface area contributed by atoms with Gasteiger partial charge in [-0.25, -0.2) is 5.43 Å². The minimum absolute atomic E-state index is 0.0350. The SMILES string of the molecule is COc1cccc(/C=N\NC(=O)c2ccc(Cl)s2)c1O. The van der Waals surface area contributed by atoms with E-state index in [0.717, 1.165) is 11.3 Å². The van der Waals surface area contributed by atoms with Crippen LogP contribution >= 0.6 is 22.9 Å². The van der Waals surface area contributed by atoms with E-state index in [-0.39, 0.29) is 11.7 Å². The van der Waals surface area contributed by atoms with Gasteiger partial charge in [0.1, 0.15) is 0 Å². The highest BCUT2D eigenvalue weighted by Gasteiger charge is 2.08. The molecule has 2 rings (SSSR count). The number of thiophene rings is 1. The largest absolute Gasteiger partial charge is 0.504 e. The molecule has 7 heteroatoms. The topological polar surface area (TPSA) is 70.9 Å². The number of carbonyl (C=O) groups is 1. The van der Waals surface area contributed by atoms with Gasteiger partial charge in [-0.3, -0.25) is 4.79 Å². The maximum atomic E-state index is 11.7. The van der Waals surface area contributed by atoms with Crippen molar-refractivity contribution in [2.24, 2.45) is 5.10 Å². The van der Waals surface area contributed by atoms with Gasteiger partial charge in [0, 0.05) is 5.56 Å². The number of nitrogens with one attached hydrogen (secondary N) is 1. The summed E-state index contributed by atoms with van der Waals surface area (Å²) < 4.78 is 5.51. The van der Waals surface area contributed by atoms with Gasteiger partial charge in [0.05, 0.1) is 22.5 Å². The number of hydrogen-bond acceptors (Lipinski definition) is 5. The smallest absolute Gasteiger partial charge is 0.281 e. The lowest BCUT2D eigenvalue weighted by Crippen LogP contribution is -2.16. The number of para-hydroxylation sites is 1. The summed E-state index contributed by atoms with van der Waals surface area (Å²) in [5.41, 5.74) is 2.79. The molecule has 0 unspecified atom stereocenters. The molecule has 0 aliphatic heterocycles. The Morgan fingerprint density at radius 2 is 2.25 bits per heavy atom. The molecule has 5 nitrogen and oxygen atoms in total. The summed E-state index contributed by atoms with van der Waals surface area (Å²) in [5, 5.41) is 13.6. The molecule has 1 amide bonds. The van der Waals surface area contributed by atoms with Gasteiger partial charge in [-0.2, -0.15) is 5.10 Å². The van der Waals surface area contributed by atoms with Crippen molar-refractivity contribution in [3.8, 4) is 11.5 Å². The quantitative estimate of drug-likeness (QED) is 0.674. The van der Waals surface area contributed by atoms with Gasteiger partial charge in [0.15, 0.2) is 11.5 Å². The molecule has 2 N–H and O–H groups in total. The van der Waals surface area contributed by atoms with E-state index in [9.17, 15) is 9.90 Å². The normalized spacial score (nSPS) is 10.7. The van der Waals surface area contributed by atoms with Crippen LogP contribution in [0.4, 0.5) is 0 Å². The fourth-order valence-corrected chi connectivity index (χ4v) is 2.39. The molecule has 0 saturated heterocycles. The van der Waals surface area contributed by atoms with Crippen molar-refractivity contribution >= 4 is 35.1 Å². The minimum atomic E-state index is -0.361. The standard InChI is InChI=1S/C13H11ClN2O3S/c1-19-9-4-2-3-8(12(9)17)7-15-16-13(18)10-5-6-11(14)20-10/h2-7,17H,1H3,(H,16,18)/b15-7-. The number of halogens is 1. The van der Waals surface area contributed by atoms with Crippen molar-refractivity contribution in [3.05, 3.63) is 45.1 Å².